The fraction of sp³-hybridized carbons (Fsp3) is 0.353. The number of hydrogen-bond acceptors (Lipinski definition) is 1. The zero-order chi connectivity index (χ0) is 12.8. The summed E-state index contributed by atoms with van der Waals surface area (Å²) in [5, 5.41) is 0. The summed E-state index contributed by atoms with van der Waals surface area (Å²) in [5.74, 6) is 0. The van der Waals surface area contributed by atoms with Gasteiger partial charge in [0.15, 0.2) is 0 Å². The van der Waals surface area contributed by atoms with E-state index >= 15 is 0 Å². The Labute approximate surface area is 109 Å². The number of hydrogen-bond donors (Lipinski definition) is 0. The maximum atomic E-state index is 11.4. The lowest BCUT2D eigenvalue weighted by Gasteiger charge is -2.26. The second kappa shape index (κ2) is 5.81. The topological polar surface area (TPSA) is 17.1 Å². The van der Waals surface area contributed by atoms with Crippen molar-refractivity contribution in [3.8, 4) is 0 Å². The van der Waals surface area contributed by atoms with Crippen LogP contribution in [0.3, 0.4) is 0 Å². The summed E-state index contributed by atoms with van der Waals surface area (Å²) in [5.41, 5.74) is 2.20. The fourth-order valence-electron chi connectivity index (χ4n) is 2.37. The first-order valence-electron chi connectivity index (χ1n) is 6.71. The van der Waals surface area contributed by atoms with E-state index in [1.807, 2.05) is 18.2 Å². The van der Waals surface area contributed by atoms with E-state index in [0.717, 1.165) is 32.0 Å². The minimum absolute atomic E-state index is 0.256. The largest absolute Gasteiger partial charge is 0.302 e. The van der Waals surface area contributed by atoms with Crippen LogP contribution in [0.25, 0.3) is 5.57 Å². The molecular weight excluding hydrogens is 220 g/mol. The number of carbonyl (C=O) groups excluding carboxylic acids is 1. The van der Waals surface area contributed by atoms with Gasteiger partial charge in [-0.1, -0.05) is 68.3 Å². The summed E-state index contributed by atoms with van der Waals surface area (Å²) >= 11 is 0. The van der Waals surface area contributed by atoms with Crippen LogP contribution in [0.15, 0.2) is 48.6 Å². The van der Waals surface area contributed by atoms with Crippen molar-refractivity contribution in [3.05, 3.63) is 54.1 Å². The molecule has 1 aromatic carbocycles. The van der Waals surface area contributed by atoms with Gasteiger partial charge >= 0.3 is 0 Å². The van der Waals surface area contributed by atoms with Gasteiger partial charge < -0.3 is 4.79 Å². The van der Waals surface area contributed by atoms with Gasteiger partial charge in [-0.05, 0) is 24.0 Å². The van der Waals surface area contributed by atoms with E-state index in [0.29, 0.717) is 0 Å². The zero-order valence-electron chi connectivity index (χ0n) is 10.9. The molecule has 0 aromatic heterocycles. The van der Waals surface area contributed by atoms with Crippen LogP contribution in [0.1, 0.15) is 38.2 Å². The van der Waals surface area contributed by atoms with Gasteiger partial charge in [0, 0.05) is 5.41 Å². The minimum Gasteiger partial charge on any atom is -0.302 e. The van der Waals surface area contributed by atoms with Gasteiger partial charge in [-0.2, -0.15) is 0 Å². The molecule has 0 fully saturated rings. The number of carbonyl (C=O) groups is 1. The smallest absolute Gasteiger partial charge is 0.130 e. The molecule has 0 radical (unpaired) electrons. The molecule has 0 saturated heterocycles. The monoisotopic (exact) mass is 240 g/mol. The molecule has 18 heavy (non-hydrogen) atoms. The van der Waals surface area contributed by atoms with Crippen LogP contribution < -0.4 is 0 Å². The zero-order valence-corrected chi connectivity index (χ0v) is 10.9. The molecule has 2 rings (SSSR count). The van der Waals surface area contributed by atoms with Crippen LogP contribution in [0, 0.1) is 5.41 Å². The SMILES string of the molecule is CCCCC1(C=O)C=CC(c2ccccc2)=CC1. The van der Waals surface area contributed by atoms with Gasteiger partial charge in [-0.25, -0.2) is 0 Å². The number of unbranched alkanes of at least 4 members (excludes halogenated alkanes) is 1. The van der Waals surface area contributed by atoms with Gasteiger partial charge in [-0.3, -0.25) is 0 Å². The summed E-state index contributed by atoms with van der Waals surface area (Å²) in [4.78, 5) is 11.4. The lowest BCUT2D eigenvalue weighted by molar-refractivity contribution is -0.114. The molecule has 1 unspecified atom stereocenters. The molecule has 94 valence electrons. The van der Waals surface area contributed by atoms with Crippen LogP contribution >= 0.6 is 0 Å². The number of rotatable bonds is 5. The molecule has 1 aromatic rings. The Balaban J connectivity index is 2.12. The molecule has 0 amide bonds. The normalized spacial score (nSPS) is 22.6. The van der Waals surface area contributed by atoms with E-state index in [4.69, 9.17) is 0 Å². The van der Waals surface area contributed by atoms with Crippen molar-refractivity contribution < 1.29 is 4.79 Å². The summed E-state index contributed by atoms with van der Waals surface area (Å²) in [6, 6.07) is 10.3. The Hall–Kier alpha value is -1.63. The maximum absolute atomic E-state index is 11.4. The van der Waals surface area contributed by atoms with Gasteiger partial charge in [-0.15, -0.1) is 0 Å². The third kappa shape index (κ3) is 2.79. The van der Waals surface area contributed by atoms with Crippen LogP contribution in [-0.2, 0) is 4.79 Å². The van der Waals surface area contributed by atoms with Crippen LogP contribution in [0.5, 0.6) is 0 Å². The molecule has 0 N–H and O–H groups in total. The lowest BCUT2D eigenvalue weighted by atomic mass is 9.77. The Morgan fingerprint density at radius 3 is 2.61 bits per heavy atom. The summed E-state index contributed by atoms with van der Waals surface area (Å²) < 4.78 is 0. The highest BCUT2D eigenvalue weighted by atomic mass is 16.1. The quantitative estimate of drug-likeness (QED) is 0.697. The standard InChI is InChI=1S/C17H20O/c1-2-3-11-17(14-18)12-9-16(10-13-17)15-7-5-4-6-8-15/h4-10,12,14H,2-3,11,13H2,1H3. The Kier molecular flexibility index (Phi) is 4.14. The first-order chi connectivity index (χ1) is 8.79. The lowest BCUT2D eigenvalue weighted by Crippen LogP contribution is -2.21. The summed E-state index contributed by atoms with van der Waals surface area (Å²) in [6.07, 6.45) is 11.5. The van der Waals surface area contributed by atoms with Crippen LogP contribution in [0.4, 0.5) is 0 Å². The first kappa shape index (κ1) is 12.8. The highest BCUT2D eigenvalue weighted by Gasteiger charge is 2.27. The predicted octanol–water partition coefficient (Wildman–Crippen LogP) is 4.41. The van der Waals surface area contributed by atoms with Crippen molar-refractivity contribution in [1.82, 2.24) is 0 Å². The van der Waals surface area contributed by atoms with E-state index in [2.05, 4.69) is 37.3 Å². The van der Waals surface area contributed by atoms with Crippen molar-refractivity contribution in [2.24, 2.45) is 5.41 Å². The van der Waals surface area contributed by atoms with E-state index in [9.17, 15) is 4.79 Å². The molecule has 0 heterocycles. The molecule has 1 atom stereocenters. The van der Waals surface area contributed by atoms with E-state index in [1.165, 1.54) is 11.1 Å². The molecule has 1 aliphatic carbocycles. The van der Waals surface area contributed by atoms with E-state index < -0.39 is 0 Å². The Morgan fingerprint density at radius 2 is 2.06 bits per heavy atom. The molecule has 1 heteroatoms. The highest BCUT2D eigenvalue weighted by Crippen LogP contribution is 2.35. The molecule has 0 aliphatic heterocycles. The first-order valence-corrected chi connectivity index (χ1v) is 6.71. The average Bonchev–Trinajstić information content (AvgIpc) is 2.47. The average molecular weight is 240 g/mol. The number of benzene rings is 1. The third-order valence-electron chi connectivity index (χ3n) is 3.63. The second-order valence-corrected chi connectivity index (χ2v) is 5.02. The van der Waals surface area contributed by atoms with Crippen molar-refractivity contribution in [2.75, 3.05) is 0 Å². The summed E-state index contributed by atoms with van der Waals surface area (Å²) in [7, 11) is 0. The van der Waals surface area contributed by atoms with Crippen molar-refractivity contribution in [1.29, 1.82) is 0 Å². The second-order valence-electron chi connectivity index (χ2n) is 5.02. The van der Waals surface area contributed by atoms with Crippen molar-refractivity contribution in [2.45, 2.75) is 32.6 Å². The maximum Gasteiger partial charge on any atom is 0.130 e. The molecular formula is C17H20O. The number of allylic oxidation sites excluding steroid dienone is 4. The minimum atomic E-state index is -0.256. The van der Waals surface area contributed by atoms with Gasteiger partial charge in [0.25, 0.3) is 0 Å². The molecule has 0 bridgehead atoms. The van der Waals surface area contributed by atoms with Crippen LogP contribution in [0.2, 0.25) is 0 Å². The highest BCUT2D eigenvalue weighted by molar-refractivity contribution is 5.78. The molecule has 0 saturated carbocycles. The van der Waals surface area contributed by atoms with E-state index in [1.54, 1.807) is 0 Å². The fourth-order valence-corrected chi connectivity index (χ4v) is 2.37. The Bertz CT molecular complexity index is 456. The van der Waals surface area contributed by atoms with Crippen molar-refractivity contribution >= 4 is 11.9 Å². The summed E-state index contributed by atoms with van der Waals surface area (Å²) in [6.45, 7) is 2.16. The van der Waals surface area contributed by atoms with E-state index in [-0.39, 0.29) is 5.41 Å². The molecule has 1 aliphatic rings. The Morgan fingerprint density at radius 1 is 1.28 bits per heavy atom. The third-order valence-corrected chi connectivity index (χ3v) is 3.63. The van der Waals surface area contributed by atoms with Gasteiger partial charge in [0.1, 0.15) is 6.29 Å². The van der Waals surface area contributed by atoms with Gasteiger partial charge in [0.2, 0.25) is 0 Å². The van der Waals surface area contributed by atoms with Crippen LogP contribution in [-0.4, -0.2) is 6.29 Å². The number of aldehydes is 1. The predicted molar refractivity (Wildman–Crippen MR) is 76.2 cm³/mol. The molecule has 1 nitrogen and oxygen atoms in total. The van der Waals surface area contributed by atoms with Crippen molar-refractivity contribution in [3.63, 3.8) is 0 Å². The molecule has 0 spiro atoms. The van der Waals surface area contributed by atoms with Gasteiger partial charge in [0.05, 0.1) is 0 Å².